The predicted molar refractivity (Wildman–Crippen MR) is 176 cm³/mol. The molecule has 4 nitrogen and oxygen atoms in total. The van der Waals surface area contributed by atoms with Crippen molar-refractivity contribution in [3.8, 4) is 0 Å². The van der Waals surface area contributed by atoms with E-state index in [-0.39, 0.29) is 0 Å². The summed E-state index contributed by atoms with van der Waals surface area (Å²) in [6.07, 6.45) is 0. The Labute approximate surface area is 270 Å². The van der Waals surface area contributed by atoms with Crippen molar-refractivity contribution in [3.05, 3.63) is 142 Å². The lowest BCUT2D eigenvalue weighted by Crippen LogP contribution is -2.45. The van der Waals surface area contributed by atoms with Gasteiger partial charge in [0.25, 0.3) is 0 Å². The molecular weight excluding hydrogens is 588 g/mol. The van der Waals surface area contributed by atoms with Gasteiger partial charge in [0, 0.05) is 90.7 Å². The van der Waals surface area contributed by atoms with E-state index in [4.69, 9.17) is 0 Å². The van der Waals surface area contributed by atoms with Gasteiger partial charge in [-0.3, -0.25) is 19.6 Å². The Balaban J connectivity index is 1.39. The van der Waals surface area contributed by atoms with E-state index >= 15 is 0 Å². The first-order valence-corrected chi connectivity index (χ1v) is 16.1. The first kappa shape index (κ1) is 33.8. The third-order valence-corrected chi connectivity index (χ3v) is 8.64. The lowest BCUT2D eigenvalue weighted by atomic mass is 10.1. The Bertz CT molecular complexity index is 1370. The standard InChI is InChI=1S/C38H44F4N4/c1-29-3-7-31(8-4-29)25-43-11-15-45(27-33-19-35(39)23-36(40)20-33)17-13-44(26-32-9-5-30(2)6-10-32)14-18-46(16-12-43)28-34-21-37(41)24-38(42)22-34/h3-10,19-24H,11-18,25-28H2,1-2H3. The Hall–Kier alpha value is -3.56. The highest BCUT2D eigenvalue weighted by molar-refractivity contribution is 5.23. The average Bonchev–Trinajstić information content (AvgIpc) is 2.99. The van der Waals surface area contributed by atoms with E-state index in [1.165, 1.54) is 46.5 Å². The molecule has 0 atom stereocenters. The van der Waals surface area contributed by atoms with Gasteiger partial charge >= 0.3 is 0 Å². The van der Waals surface area contributed by atoms with Crippen molar-refractivity contribution in [2.45, 2.75) is 40.0 Å². The van der Waals surface area contributed by atoms with Gasteiger partial charge < -0.3 is 0 Å². The van der Waals surface area contributed by atoms with E-state index in [1.54, 1.807) is 0 Å². The summed E-state index contributed by atoms with van der Waals surface area (Å²) in [6, 6.07) is 24.5. The van der Waals surface area contributed by atoms with Crippen molar-refractivity contribution >= 4 is 0 Å². The molecule has 1 fully saturated rings. The van der Waals surface area contributed by atoms with E-state index in [2.05, 4.69) is 82.0 Å². The minimum absolute atomic E-state index is 0.447. The normalized spacial score (nSPS) is 16.7. The van der Waals surface area contributed by atoms with Crippen molar-refractivity contribution < 1.29 is 17.6 Å². The molecule has 0 saturated carbocycles. The molecule has 8 heteroatoms. The number of halogens is 4. The van der Waals surface area contributed by atoms with Gasteiger partial charge in [0.2, 0.25) is 0 Å². The average molecular weight is 633 g/mol. The number of hydrogen-bond donors (Lipinski definition) is 0. The molecule has 0 bridgehead atoms. The largest absolute Gasteiger partial charge is 0.297 e. The Kier molecular flexibility index (Phi) is 12.0. The zero-order chi connectivity index (χ0) is 32.5. The smallest absolute Gasteiger partial charge is 0.126 e. The van der Waals surface area contributed by atoms with Gasteiger partial charge in [-0.1, -0.05) is 59.7 Å². The molecule has 1 aliphatic heterocycles. The number of benzene rings is 4. The zero-order valence-electron chi connectivity index (χ0n) is 26.9. The summed E-state index contributed by atoms with van der Waals surface area (Å²) in [7, 11) is 0. The van der Waals surface area contributed by atoms with Crippen molar-refractivity contribution in [2.24, 2.45) is 0 Å². The molecule has 0 aliphatic carbocycles. The quantitative estimate of drug-likeness (QED) is 0.191. The van der Waals surface area contributed by atoms with E-state index in [1.807, 2.05) is 0 Å². The molecule has 1 aliphatic rings. The SMILES string of the molecule is Cc1ccc(CN2CCN(Cc3cc(F)cc(F)c3)CCN(Cc3ccc(C)cc3)CCN(Cc3cc(F)cc(F)c3)CC2)cc1. The first-order valence-electron chi connectivity index (χ1n) is 16.1. The molecular formula is C38H44F4N4. The van der Waals surface area contributed by atoms with Crippen molar-refractivity contribution in [3.63, 3.8) is 0 Å². The molecule has 0 radical (unpaired) electrons. The molecule has 0 amide bonds. The molecule has 0 unspecified atom stereocenters. The Morgan fingerprint density at radius 1 is 0.370 bits per heavy atom. The molecule has 46 heavy (non-hydrogen) atoms. The van der Waals surface area contributed by atoms with Crippen LogP contribution in [0.2, 0.25) is 0 Å². The lowest BCUT2D eigenvalue weighted by molar-refractivity contribution is 0.122. The summed E-state index contributed by atoms with van der Waals surface area (Å²) < 4.78 is 56.5. The van der Waals surface area contributed by atoms with Crippen LogP contribution in [0.3, 0.4) is 0 Å². The molecule has 4 aromatic carbocycles. The molecule has 244 valence electrons. The van der Waals surface area contributed by atoms with E-state index < -0.39 is 23.3 Å². The maximum absolute atomic E-state index is 14.1. The van der Waals surface area contributed by atoms with Crippen molar-refractivity contribution in [2.75, 3.05) is 52.4 Å². The van der Waals surface area contributed by atoms with Crippen LogP contribution in [0.5, 0.6) is 0 Å². The highest BCUT2D eigenvalue weighted by atomic mass is 19.1. The third-order valence-electron chi connectivity index (χ3n) is 8.64. The maximum Gasteiger partial charge on any atom is 0.126 e. The number of aryl methyl sites for hydroxylation is 2. The highest BCUT2D eigenvalue weighted by Crippen LogP contribution is 2.16. The Morgan fingerprint density at radius 3 is 0.870 bits per heavy atom. The maximum atomic E-state index is 14.1. The summed E-state index contributed by atoms with van der Waals surface area (Å²) in [6.45, 7) is 12.5. The van der Waals surface area contributed by atoms with Crippen LogP contribution in [0.15, 0.2) is 84.9 Å². The topological polar surface area (TPSA) is 13.0 Å². The molecule has 0 spiro atoms. The van der Waals surface area contributed by atoms with Crippen LogP contribution in [0.4, 0.5) is 17.6 Å². The van der Waals surface area contributed by atoms with Crippen LogP contribution in [-0.2, 0) is 26.2 Å². The molecule has 5 rings (SSSR count). The van der Waals surface area contributed by atoms with Crippen LogP contribution < -0.4 is 0 Å². The molecule has 1 saturated heterocycles. The van der Waals surface area contributed by atoms with Crippen LogP contribution in [-0.4, -0.2) is 72.0 Å². The highest BCUT2D eigenvalue weighted by Gasteiger charge is 2.19. The van der Waals surface area contributed by atoms with E-state index in [0.717, 1.165) is 77.6 Å². The van der Waals surface area contributed by atoms with E-state index in [9.17, 15) is 17.6 Å². The van der Waals surface area contributed by atoms with Gasteiger partial charge in [0.15, 0.2) is 0 Å². The molecule has 0 aromatic heterocycles. The monoisotopic (exact) mass is 632 g/mol. The minimum Gasteiger partial charge on any atom is -0.297 e. The van der Waals surface area contributed by atoms with Crippen LogP contribution in [0, 0.1) is 37.1 Å². The van der Waals surface area contributed by atoms with Gasteiger partial charge in [-0.25, -0.2) is 17.6 Å². The molecule has 0 N–H and O–H groups in total. The fraction of sp³-hybridized carbons (Fsp3) is 0.368. The van der Waals surface area contributed by atoms with Gasteiger partial charge in [0.05, 0.1) is 0 Å². The van der Waals surface area contributed by atoms with Crippen LogP contribution in [0.1, 0.15) is 33.4 Å². The van der Waals surface area contributed by atoms with Gasteiger partial charge in [-0.15, -0.1) is 0 Å². The molecule has 4 aromatic rings. The second-order valence-electron chi connectivity index (χ2n) is 12.6. The third kappa shape index (κ3) is 10.8. The second kappa shape index (κ2) is 16.3. The lowest BCUT2D eigenvalue weighted by Gasteiger charge is -2.34. The van der Waals surface area contributed by atoms with Gasteiger partial charge in [-0.05, 0) is 60.4 Å². The van der Waals surface area contributed by atoms with Gasteiger partial charge in [0.1, 0.15) is 23.3 Å². The van der Waals surface area contributed by atoms with Crippen molar-refractivity contribution in [1.82, 2.24) is 19.6 Å². The summed E-state index contributed by atoms with van der Waals surface area (Å²) in [5.41, 5.74) is 6.06. The van der Waals surface area contributed by atoms with Crippen LogP contribution >= 0.6 is 0 Å². The summed E-state index contributed by atoms with van der Waals surface area (Å²) >= 11 is 0. The van der Waals surface area contributed by atoms with Gasteiger partial charge in [-0.2, -0.15) is 0 Å². The summed E-state index contributed by atoms with van der Waals surface area (Å²) in [5, 5.41) is 0. The number of hydrogen-bond acceptors (Lipinski definition) is 4. The van der Waals surface area contributed by atoms with Crippen molar-refractivity contribution in [1.29, 1.82) is 0 Å². The fourth-order valence-corrected chi connectivity index (χ4v) is 6.04. The zero-order valence-corrected chi connectivity index (χ0v) is 26.9. The van der Waals surface area contributed by atoms with Crippen LogP contribution in [0.25, 0.3) is 0 Å². The summed E-state index contributed by atoms with van der Waals surface area (Å²) in [4.78, 5) is 9.37. The minimum atomic E-state index is -0.565. The fourth-order valence-electron chi connectivity index (χ4n) is 6.04. The number of rotatable bonds is 8. The van der Waals surface area contributed by atoms with E-state index in [0.29, 0.717) is 24.2 Å². The Morgan fingerprint density at radius 2 is 0.609 bits per heavy atom. The summed E-state index contributed by atoms with van der Waals surface area (Å²) in [5.74, 6) is -2.26. The second-order valence-corrected chi connectivity index (χ2v) is 12.6. The number of nitrogens with zero attached hydrogens (tertiary/aromatic N) is 4. The first-order chi connectivity index (χ1) is 22.2. The molecule has 1 heterocycles. The predicted octanol–water partition coefficient (Wildman–Crippen LogP) is 7.18.